The molecule has 1 aliphatic rings. The number of piperidine rings is 1. The molecular formula is C15H20FN3. The second-order valence-corrected chi connectivity index (χ2v) is 5.21. The molecule has 4 heteroatoms. The largest absolute Gasteiger partial charge is 0.330 e. The lowest BCUT2D eigenvalue weighted by molar-refractivity contribution is 0.173. The molecule has 0 atom stereocenters. The molecule has 102 valence electrons. The van der Waals surface area contributed by atoms with E-state index in [4.69, 9.17) is 11.0 Å². The van der Waals surface area contributed by atoms with Crippen LogP contribution in [0.5, 0.6) is 0 Å². The minimum atomic E-state index is -0.271. The van der Waals surface area contributed by atoms with Crippen molar-refractivity contribution in [3.63, 3.8) is 0 Å². The van der Waals surface area contributed by atoms with Gasteiger partial charge in [0.15, 0.2) is 0 Å². The molecule has 1 aromatic rings. The van der Waals surface area contributed by atoms with Crippen LogP contribution >= 0.6 is 0 Å². The summed E-state index contributed by atoms with van der Waals surface area (Å²) in [5, 5.41) is 9.05. The Morgan fingerprint density at radius 3 is 2.74 bits per heavy atom. The van der Waals surface area contributed by atoms with E-state index < -0.39 is 0 Å². The summed E-state index contributed by atoms with van der Waals surface area (Å²) < 4.78 is 13.3. The van der Waals surface area contributed by atoms with Crippen molar-refractivity contribution in [1.29, 1.82) is 5.26 Å². The molecule has 3 nitrogen and oxygen atoms in total. The number of hydrogen-bond donors (Lipinski definition) is 1. The van der Waals surface area contributed by atoms with E-state index in [1.165, 1.54) is 12.1 Å². The molecule has 1 saturated heterocycles. The summed E-state index contributed by atoms with van der Waals surface area (Å²) in [7, 11) is 0. The maximum Gasteiger partial charge on any atom is 0.123 e. The van der Waals surface area contributed by atoms with E-state index in [1.807, 2.05) is 0 Å². The van der Waals surface area contributed by atoms with Crippen LogP contribution in [0.1, 0.15) is 30.4 Å². The minimum absolute atomic E-state index is 0.271. The van der Waals surface area contributed by atoms with Gasteiger partial charge in [-0.3, -0.25) is 4.90 Å². The topological polar surface area (TPSA) is 53.0 Å². The molecule has 0 spiro atoms. The molecule has 0 radical (unpaired) electrons. The highest BCUT2D eigenvalue weighted by molar-refractivity contribution is 5.37. The van der Waals surface area contributed by atoms with Gasteiger partial charge in [-0.1, -0.05) is 0 Å². The highest BCUT2D eigenvalue weighted by Crippen LogP contribution is 2.22. The average molecular weight is 261 g/mol. The van der Waals surface area contributed by atoms with Gasteiger partial charge in [-0.2, -0.15) is 5.26 Å². The van der Waals surface area contributed by atoms with Gasteiger partial charge in [0.1, 0.15) is 5.82 Å². The molecule has 2 rings (SSSR count). The SMILES string of the molecule is N#Cc1ccc(F)cc1CN1CCC(CCN)CC1. The Bertz CT molecular complexity index is 459. The number of likely N-dealkylation sites (tertiary alicyclic amines) is 1. The second kappa shape index (κ2) is 6.65. The minimum Gasteiger partial charge on any atom is -0.330 e. The molecule has 1 heterocycles. The van der Waals surface area contributed by atoms with Gasteiger partial charge in [-0.15, -0.1) is 0 Å². The van der Waals surface area contributed by atoms with Gasteiger partial charge < -0.3 is 5.73 Å². The van der Waals surface area contributed by atoms with Crippen molar-refractivity contribution in [1.82, 2.24) is 4.90 Å². The van der Waals surface area contributed by atoms with Crippen LogP contribution < -0.4 is 5.73 Å². The number of rotatable bonds is 4. The Hall–Kier alpha value is -1.44. The van der Waals surface area contributed by atoms with Crippen LogP contribution in [-0.4, -0.2) is 24.5 Å². The van der Waals surface area contributed by atoms with Gasteiger partial charge in [0.25, 0.3) is 0 Å². The first-order valence-corrected chi connectivity index (χ1v) is 6.84. The summed E-state index contributed by atoms with van der Waals surface area (Å²) in [6.07, 6.45) is 3.39. The van der Waals surface area contributed by atoms with Crippen molar-refractivity contribution in [2.75, 3.05) is 19.6 Å². The molecule has 1 aromatic carbocycles. The number of benzene rings is 1. The van der Waals surface area contributed by atoms with Crippen molar-refractivity contribution in [2.45, 2.75) is 25.8 Å². The summed E-state index contributed by atoms with van der Waals surface area (Å²) in [6.45, 7) is 3.43. The Balaban J connectivity index is 1.96. The van der Waals surface area contributed by atoms with Crippen molar-refractivity contribution in [3.8, 4) is 6.07 Å². The van der Waals surface area contributed by atoms with Crippen molar-refractivity contribution in [2.24, 2.45) is 11.7 Å². The molecule has 0 unspecified atom stereocenters. The monoisotopic (exact) mass is 261 g/mol. The zero-order valence-corrected chi connectivity index (χ0v) is 11.1. The van der Waals surface area contributed by atoms with Crippen LogP contribution in [0.2, 0.25) is 0 Å². The van der Waals surface area contributed by atoms with Crippen LogP contribution in [-0.2, 0) is 6.54 Å². The van der Waals surface area contributed by atoms with Crippen LogP contribution in [0, 0.1) is 23.1 Å². The second-order valence-electron chi connectivity index (χ2n) is 5.21. The normalized spacial score (nSPS) is 17.3. The van der Waals surface area contributed by atoms with E-state index in [0.29, 0.717) is 12.1 Å². The van der Waals surface area contributed by atoms with Crippen molar-refractivity contribution in [3.05, 3.63) is 35.1 Å². The van der Waals surface area contributed by atoms with Gasteiger partial charge in [-0.05, 0) is 68.6 Å². The maximum absolute atomic E-state index is 13.3. The zero-order valence-electron chi connectivity index (χ0n) is 11.1. The van der Waals surface area contributed by atoms with Crippen LogP contribution in [0.3, 0.4) is 0 Å². The predicted molar refractivity (Wildman–Crippen MR) is 72.8 cm³/mol. The molecule has 0 saturated carbocycles. The summed E-state index contributed by atoms with van der Waals surface area (Å²) >= 11 is 0. The van der Waals surface area contributed by atoms with E-state index in [2.05, 4.69) is 11.0 Å². The molecule has 0 aliphatic carbocycles. The smallest absolute Gasteiger partial charge is 0.123 e. The van der Waals surface area contributed by atoms with Crippen molar-refractivity contribution < 1.29 is 4.39 Å². The third-order valence-electron chi connectivity index (χ3n) is 3.86. The van der Waals surface area contributed by atoms with Crippen LogP contribution in [0.25, 0.3) is 0 Å². The Labute approximate surface area is 113 Å². The van der Waals surface area contributed by atoms with Gasteiger partial charge >= 0.3 is 0 Å². The highest BCUT2D eigenvalue weighted by Gasteiger charge is 2.19. The van der Waals surface area contributed by atoms with E-state index >= 15 is 0 Å². The third-order valence-corrected chi connectivity index (χ3v) is 3.86. The summed E-state index contributed by atoms with van der Waals surface area (Å²) in [4.78, 5) is 2.29. The van der Waals surface area contributed by atoms with Gasteiger partial charge in [0.2, 0.25) is 0 Å². The molecule has 19 heavy (non-hydrogen) atoms. The summed E-state index contributed by atoms with van der Waals surface area (Å²) in [5.41, 5.74) is 6.95. The van der Waals surface area contributed by atoms with E-state index in [1.54, 1.807) is 6.07 Å². The third kappa shape index (κ3) is 3.76. The van der Waals surface area contributed by atoms with Gasteiger partial charge in [-0.25, -0.2) is 4.39 Å². The summed E-state index contributed by atoms with van der Waals surface area (Å²) in [6, 6.07) is 6.51. The first kappa shape index (κ1) is 14.0. The standard InChI is InChI=1S/C15H20FN3/c16-15-2-1-13(10-18)14(9-15)11-19-7-4-12(3-6-17)5-8-19/h1-2,9,12H,3-8,11,17H2. The van der Waals surface area contributed by atoms with Crippen molar-refractivity contribution >= 4 is 0 Å². The molecule has 1 aliphatic heterocycles. The number of nitriles is 1. The van der Waals surface area contributed by atoms with Gasteiger partial charge in [0, 0.05) is 6.54 Å². The number of hydrogen-bond acceptors (Lipinski definition) is 3. The molecule has 1 fully saturated rings. The summed E-state index contributed by atoms with van der Waals surface area (Å²) in [5.74, 6) is 0.455. The average Bonchev–Trinajstić information content (AvgIpc) is 2.42. The van der Waals surface area contributed by atoms with Crippen LogP contribution in [0.4, 0.5) is 4.39 Å². The molecule has 0 amide bonds. The van der Waals surface area contributed by atoms with E-state index in [9.17, 15) is 4.39 Å². The lowest BCUT2D eigenvalue weighted by Gasteiger charge is -2.32. The molecule has 2 N–H and O–H groups in total. The Morgan fingerprint density at radius 2 is 2.11 bits per heavy atom. The lowest BCUT2D eigenvalue weighted by Crippen LogP contribution is -2.34. The van der Waals surface area contributed by atoms with Gasteiger partial charge in [0.05, 0.1) is 11.6 Å². The van der Waals surface area contributed by atoms with Crippen LogP contribution in [0.15, 0.2) is 18.2 Å². The molecule has 0 bridgehead atoms. The fraction of sp³-hybridized carbons (Fsp3) is 0.533. The molecular weight excluding hydrogens is 241 g/mol. The number of nitrogens with zero attached hydrogens (tertiary/aromatic N) is 2. The number of nitrogens with two attached hydrogens (primary N) is 1. The maximum atomic E-state index is 13.3. The first-order valence-electron chi connectivity index (χ1n) is 6.84. The lowest BCUT2D eigenvalue weighted by atomic mass is 9.93. The number of halogens is 1. The Kier molecular flexibility index (Phi) is 4.89. The fourth-order valence-corrected chi connectivity index (χ4v) is 2.71. The quantitative estimate of drug-likeness (QED) is 0.904. The fourth-order valence-electron chi connectivity index (χ4n) is 2.71. The first-order chi connectivity index (χ1) is 9.22. The molecule has 0 aromatic heterocycles. The Morgan fingerprint density at radius 1 is 1.37 bits per heavy atom. The zero-order chi connectivity index (χ0) is 13.7. The highest BCUT2D eigenvalue weighted by atomic mass is 19.1. The van der Waals surface area contributed by atoms with E-state index in [0.717, 1.165) is 50.4 Å². The predicted octanol–water partition coefficient (Wildman–Crippen LogP) is 2.26. The van der Waals surface area contributed by atoms with E-state index in [-0.39, 0.29) is 5.82 Å².